The van der Waals surface area contributed by atoms with Crippen LogP contribution in [0, 0.1) is 5.92 Å². The molecule has 4 nitrogen and oxygen atoms in total. The Morgan fingerprint density at radius 2 is 1.55 bits per heavy atom. The molecule has 150 valence electrons. The Balaban J connectivity index is 1.56. The monoisotopic (exact) mass is 386 g/mol. The quantitative estimate of drug-likeness (QED) is 0.512. The van der Waals surface area contributed by atoms with Crippen molar-refractivity contribution in [3.63, 3.8) is 0 Å². The van der Waals surface area contributed by atoms with Crippen LogP contribution in [0.1, 0.15) is 55.3 Å². The molecule has 0 radical (unpaired) electrons. The van der Waals surface area contributed by atoms with E-state index < -0.39 is 0 Å². The fourth-order valence-corrected chi connectivity index (χ4v) is 3.86. The first-order chi connectivity index (χ1) is 14.2. The molecule has 2 N–H and O–H groups in total. The molecule has 1 heterocycles. The molecule has 1 aliphatic carbocycles. The van der Waals surface area contributed by atoms with Gasteiger partial charge in [-0.25, -0.2) is 4.98 Å². The Bertz CT molecular complexity index is 909. The van der Waals surface area contributed by atoms with Gasteiger partial charge in [0.2, 0.25) is 5.95 Å². The average Bonchev–Trinajstić information content (AvgIpc) is 2.71. The summed E-state index contributed by atoms with van der Waals surface area (Å²) in [7, 11) is 0. The Labute approximate surface area is 173 Å². The highest BCUT2D eigenvalue weighted by Crippen LogP contribution is 2.48. The molecule has 29 heavy (non-hydrogen) atoms. The van der Waals surface area contributed by atoms with Crippen LogP contribution in [-0.4, -0.2) is 16.5 Å². The van der Waals surface area contributed by atoms with Crippen LogP contribution in [-0.2, 0) is 6.54 Å². The van der Waals surface area contributed by atoms with Crippen molar-refractivity contribution in [1.82, 2.24) is 9.97 Å². The Morgan fingerprint density at radius 3 is 2.21 bits per heavy atom. The van der Waals surface area contributed by atoms with E-state index in [1.54, 1.807) is 0 Å². The van der Waals surface area contributed by atoms with E-state index in [1.807, 2.05) is 6.07 Å². The summed E-state index contributed by atoms with van der Waals surface area (Å²) < 4.78 is 0. The molecular formula is C25H30N4. The molecular weight excluding hydrogens is 356 g/mol. The van der Waals surface area contributed by atoms with Gasteiger partial charge in [0.15, 0.2) is 0 Å². The molecule has 1 unspecified atom stereocenters. The number of anilines is 2. The number of nitrogens with zero attached hydrogens (tertiary/aromatic N) is 2. The normalized spacial score (nSPS) is 18.3. The van der Waals surface area contributed by atoms with E-state index in [2.05, 4.69) is 85.1 Å². The van der Waals surface area contributed by atoms with Crippen molar-refractivity contribution in [2.45, 2.75) is 45.1 Å². The summed E-state index contributed by atoms with van der Waals surface area (Å²) in [6.45, 7) is 6.02. The molecule has 1 saturated carbocycles. The van der Waals surface area contributed by atoms with Gasteiger partial charge in [0.1, 0.15) is 5.82 Å². The highest BCUT2D eigenvalue weighted by Gasteiger charge is 2.34. The second-order valence-electron chi connectivity index (χ2n) is 8.32. The van der Waals surface area contributed by atoms with Crippen LogP contribution in [0.15, 0.2) is 66.7 Å². The van der Waals surface area contributed by atoms with E-state index in [9.17, 15) is 0 Å². The van der Waals surface area contributed by atoms with Gasteiger partial charge in [-0.05, 0) is 35.8 Å². The van der Waals surface area contributed by atoms with Gasteiger partial charge in [0.05, 0.1) is 5.69 Å². The van der Waals surface area contributed by atoms with Crippen molar-refractivity contribution in [2.24, 2.45) is 5.92 Å². The first-order valence-electron chi connectivity index (χ1n) is 10.6. The fraction of sp³-hybridized carbons (Fsp3) is 0.360. The summed E-state index contributed by atoms with van der Waals surface area (Å²) in [5.74, 6) is 3.17. The second kappa shape index (κ2) is 9.08. The molecule has 0 bridgehead atoms. The second-order valence-corrected chi connectivity index (χ2v) is 8.32. The van der Waals surface area contributed by atoms with Gasteiger partial charge in [0.25, 0.3) is 0 Å². The van der Waals surface area contributed by atoms with E-state index in [-0.39, 0.29) is 0 Å². The zero-order valence-corrected chi connectivity index (χ0v) is 17.3. The van der Waals surface area contributed by atoms with Crippen LogP contribution >= 0.6 is 0 Å². The molecule has 3 aromatic rings. The summed E-state index contributed by atoms with van der Waals surface area (Å²) in [5.41, 5.74) is 3.80. The summed E-state index contributed by atoms with van der Waals surface area (Å²) in [6, 6.07) is 23.4. The molecule has 1 aromatic heterocycles. The van der Waals surface area contributed by atoms with Gasteiger partial charge in [-0.2, -0.15) is 4.98 Å². The summed E-state index contributed by atoms with van der Waals surface area (Å²) in [4.78, 5) is 9.62. The maximum absolute atomic E-state index is 4.90. The van der Waals surface area contributed by atoms with Crippen molar-refractivity contribution >= 4 is 11.8 Å². The van der Waals surface area contributed by atoms with Crippen molar-refractivity contribution < 1.29 is 0 Å². The number of benzene rings is 2. The SMILES string of the molecule is CC(C)CNc1nc(NCc2ccccc2)cc([C@H]2CCC2c2ccccc2)n1. The smallest absolute Gasteiger partial charge is 0.224 e. The van der Waals surface area contributed by atoms with Crippen LogP contribution in [0.5, 0.6) is 0 Å². The highest BCUT2D eigenvalue weighted by atomic mass is 15.1. The maximum atomic E-state index is 4.90. The Hall–Kier alpha value is -2.88. The summed E-state index contributed by atoms with van der Waals surface area (Å²) in [6.07, 6.45) is 2.40. The predicted octanol–water partition coefficient (Wildman–Crippen LogP) is 5.82. The zero-order chi connectivity index (χ0) is 20.1. The molecule has 0 spiro atoms. The molecule has 0 saturated heterocycles. The molecule has 0 aliphatic heterocycles. The van der Waals surface area contributed by atoms with Crippen LogP contribution in [0.4, 0.5) is 11.8 Å². The van der Waals surface area contributed by atoms with Gasteiger partial charge >= 0.3 is 0 Å². The number of aromatic nitrogens is 2. The summed E-state index contributed by atoms with van der Waals surface area (Å²) in [5, 5.41) is 6.91. The molecule has 4 heteroatoms. The number of nitrogens with one attached hydrogen (secondary N) is 2. The van der Waals surface area contributed by atoms with Crippen LogP contribution < -0.4 is 10.6 Å². The first-order valence-corrected chi connectivity index (χ1v) is 10.6. The van der Waals surface area contributed by atoms with E-state index in [1.165, 1.54) is 24.0 Å². The molecule has 0 amide bonds. The highest BCUT2D eigenvalue weighted by molar-refractivity contribution is 5.45. The third-order valence-corrected chi connectivity index (χ3v) is 5.61. The van der Waals surface area contributed by atoms with E-state index in [4.69, 9.17) is 9.97 Å². The average molecular weight is 387 g/mol. The Morgan fingerprint density at radius 1 is 0.862 bits per heavy atom. The molecule has 1 aliphatic rings. The van der Waals surface area contributed by atoms with Gasteiger partial charge in [-0.3, -0.25) is 0 Å². The van der Waals surface area contributed by atoms with Gasteiger partial charge < -0.3 is 10.6 Å². The minimum Gasteiger partial charge on any atom is -0.366 e. The maximum Gasteiger partial charge on any atom is 0.224 e. The number of hydrogen-bond donors (Lipinski definition) is 2. The lowest BCUT2D eigenvalue weighted by Crippen LogP contribution is -2.24. The molecule has 1 fully saturated rings. The van der Waals surface area contributed by atoms with Crippen molar-refractivity contribution in [3.05, 3.63) is 83.6 Å². The van der Waals surface area contributed by atoms with Crippen molar-refractivity contribution in [1.29, 1.82) is 0 Å². The minimum atomic E-state index is 0.456. The predicted molar refractivity (Wildman–Crippen MR) is 120 cm³/mol. The van der Waals surface area contributed by atoms with Crippen LogP contribution in [0.3, 0.4) is 0 Å². The topological polar surface area (TPSA) is 49.8 Å². The molecule has 2 atom stereocenters. The summed E-state index contributed by atoms with van der Waals surface area (Å²) >= 11 is 0. The molecule has 2 aromatic carbocycles. The van der Waals surface area contributed by atoms with Gasteiger partial charge in [0, 0.05) is 25.1 Å². The first kappa shape index (κ1) is 19.4. The zero-order valence-electron chi connectivity index (χ0n) is 17.3. The largest absolute Gasteiger partial charge is 0.366 e. The van der Waals surface area contributed by atoms with Gasteiger partial charge in [-0.1, -0.05) is 74.5 Å². The molecule has 4 rings (SSSR count). The van der Waals surface area contributed by atoms with Gasteiger partial charge in [-0.15, -0.1) is 0 Å². The third-order valence-electron chi connectivity index (χ3n) is 5.61. The van der Waals surface area contributed by atoms with Crippen molar-refractivity contribution in [3.8, 4) is 0 Å². The third kappa shape index (κ3) is 4.94. The standard InChI is InChI=1S/C25H30N4/c1-18(2)16-27-25-28-23(22-14-13-21(22)20-11-7-4-8-12-20)15-24(29-25)26-17-19-9-5-3-6-10-19/h3-12,15,18,21-22H,13-14,16-17H2,1-2H3,(H2,26,27,28,29)/t21?,22-/m0/s1. The number of rotatable bonds is 8. The lowest BCUT2D eigenvalue weighted by atomic mass is 9.68. The van der Waals surface area contributed by atoms with Crippen molar-refractivity contribution in [2.75, 3.05) is 17.2 Å². The van der Waals surface area contributed by atoms with E-state index >= 15 is 0 Å². The lowest BCUT2D eigenvalue weighted by Gasteiger charge is -2.37. The van der Waals surface area contributed by atoms with Crippen LogP contribution in [0.25, 0.3) is 0 Å². The lowest BCUT2D eigenvalue weighted by molar-refractivity contribution is 0.340. The minimum absolute atomic E-state index is 0.456. The van der Waals surface area contributed by atoms with E-state index in [0.717, 1.165) is 30.5 Å². The number of hydrogen-bond acceptors (Lipinski definition) is 4. The van der Waals surface area contributed by atoms with Crippen LogP contribution in [0.2, 0.25) is 0 Å². The van der Waals surface area contributed by atoms with E-state index in [0.29, 0.717) is 17.8 Å². The Kier molecular flexibility index (Phi) is 6.09. The fourth-order valence-electron chi connectivity index (χ4n) is 3.86.